The van der Waals surface area contributed by atoms with Crippen LogP contribution >= 0.6 is 11.8 Å². The van der Waals surface area contributed by atoms with Crippen LogP contribution in [-0.4, -0.2) is 34.2 Å². The molecule has 8 heteroatoms. The van der Waals surface area contributed by atoms with E-state index in [-0.39, 0.29) is 17.7 Å². The summed E-state index contributed by atoms with van der Waals surface area (Å²) in [6, 6.07) is 2.94. The fourth-order valence-corrected chi connectivity index (χ4v) is 2.05. The van der Waals surface area contributed by atoms with Crippen molar-refractivity contribution in [2.24, 2.45) is 0 Å². The van der Waals surface area contributed by atoms with Crippen molar-refractivity contribution in [1.82, 2.24) is 5.32 Å². The third-order valence-corrected chi connectivity index (χ3v) is 3.38. The minimum Gasteiger partial charge on any atom is -0.480 e. The number of carbonyl (C=O) groups excluding carboxylic acids is 1. The summed E-state index contributed by atoms with van der Waals surface area (Å²) in [4.78, 5) is 34.1. The minimum atomic E-state index is -1.23. The second-order valence-electron chi connectivity index (χ2n) is 4.03. The molecule has 0 fully saturated rings. The van der Waals surface area contributed by atoms with E-state index in [9.17, 15) is 19.7 Å². The van der Waals surface area contributed by atoms with Gasteiger partial charge in [0.25, 0.3) is 11.6 Å². The third kappa shape index (κ3) is 4.32. The molecular weight excluding hydrogens is 296 g/mol. The van der Waals surface area contributed by atoms with Gasteiger partial charge in [0, 0.05) is 11.0 Å². The summed E-state index contributed by atoms with van der Waals surface area (Å²) in [5, 5.41) is 22.2. The summed E-state index contributed by atoms with van der Waals surface area (Å²) in [7, 11) is 0. The maximum Gasteiger partial charge on any atom is 0.326 e. The van der Waals surface area contributed by atoms with E-state index in [1.165, 1.54) is 36.0 Å². The monoisotopic (exact) mass is 310 g/mol. The molecule has 0 spiro atoms. The second-order valence-corrected chi connectivity index (χ2v) is 4.91. The largest absolute Gasteiger partial charge is 0.480 e. The molecule has 0 bridgehead atoms. The van der Waals surface area contributed by atoms with Gasteiger partial charge >= 0.3 is 5.97 Å². The van der Waals surface area contributed by atoms with E-state index < -0.39 is 22.8 Å². The highest BCUT2D eigenvalue weighted by Gasteiger charge is 2.25. The first-order chi connectivity index (χ1) is 9.90. The van der Waals surface area contributed by atoms with Gasteiger partial charge in [0.2, 0.25) is 0 Å². The summed E-state index contributed by atoms with van der Waals surface area (Å²) in [6.07, 6.45) is 3.14. The smallest absolute Gasteiger partial charge is 0.326 e. The first-order valence-electron chi connectivity index (χ1n) is 5.87. The Morgan fingerprint density at radius 1 is 1.57 bits per heavy atom. The van der Waals surface area contributed by atoms with Gasteiger partial charge in [0.05, 0.1) is 4.92 Å². The zero-order valence-corrected chi connectivity index (χ0v) is 12.1. The predicted octanol–water partition coefficient (Wildman–Crippen LogP) is 2.08. The Labute approximate surface area is 125 Å². The first kappa shape index (κ1) is 16.7. The zero-order valence-electron chi connectivity index (χ0n) is 11.2. The molecule has 0 aliphatic carbocycles. The molecule has 7 nitrogen and oxygen atoms in total. The van der Waals surface area contributed by atoms with Crippen molar-refractivity contribution in [3.8, 4) is 0 Å². The number of carboxylic acid groups (broad SMARTS) is 1. The number of nitrogens with one attached hydrogen (secondary N) is 1. The highest BCUT2D eigenvalue weighted by atomic mass is 32.2. The molecule has 1 rings (SSSR count). The Bertz CT molecular complexity index is 588. The van der Waals surface area contributed by atoms with Crippen molar-refractivity contribution in [3.05, 3.63) is 46.5 Å². The van der Waals surface area contributed by atoms with Crippen molar-refractivity contribution in [3.63, 3.8) is 0 Å². The molecule has 0 saturated carbocycles. The van der Waals surface area contributed by atoms with E-state index in [1.54, 1.807) is 6.26 Å². The van der Waals surface area contributed by atoms with Crippen LogP contribution in [0.4, 0.5) is 5.69 Å². The molecule has 1 atom stereocenters. The molecular formula is C13H14N2O5S. The number of carboxylic acids is 1. The molecule has 0 aliphatic heterocycles. The van der Waals surface area contributed by atoms with E-state index in [2.05, 4.69) is 11.9 Å². The molecule has 0 radical (unpaired) electrons. The molecule has 1 amide bonds. The summed E-state index contributed by atoms with van der Waals surface area (Å²) >= 11 is 1.32. The lowest BCUT2D eigenvalue weighted by Crippen LogP contribution is -2.40. The maximum absolute atomic E-state index is 12.1. The molecule has 0 saturated heterocycles. The van der Waals surface area contributed by atoms with E-state index in [1.807, 2.05) is 0 Å². The Kier molecular flexibility index (Phi) is 5.92. The third-order valence-electron chi connectivity index (χ3n) is 2.65. The van der Waals surface area contributed by atoms with Gasteiger partial charge in [-0.25, -0.2) is 4.79 Å². The number of nitrogens with zero attached hydrogens (tertiary/aromatic N) is 1. The minimum absolute atomic E-state index is 0.0249. The molecule has 0 heterocycles. The quantitative estimate of drug-likeness (QED) is 0.345. The van der Waals surface area contributed by atoms with Gasteiger partial charge in [-0.2, -0.15) is 0 Å². The van der Waals surface area contributed by atoms with Crippen LogP contribution in [0.2, 0.25) is 0 Å². The Morgan fingerprint density at radius 3 is 2.71 bits per heavy atom. The topological polar surface area (TPSA) is 110 Å². The molecule has 1 unspecified atom stereocenters. The molecule has 1 aromatic carbocycles. The number of hydrogen-bond acceptors (Lipinski definition) is 5. The van der Waals surface area contributed by atoms with Crippen LogP contribution < -0.4 is 5.32 Å². The number of carbonyl (C=O) groups is 2. The average molecular weight is 310 g/mol. The van der Waals surface area contributed by atoms with Crippen molar-refractivity contribution in [1.29, 1.82) is 0 Å². The van der Waals surface area contributed by atoms with Crippen LogP contribution in [0.1, 0.15) is 16.8 Å². The van der Waals surface area contributed by atoms with Gasteiger partial charge in [0.15, 0.2) is 0 Å². The van der Waals surface area contributed by atoms with Crippen LogP contribution in [-0.2, 0) is 4.79 Å². The van der Waals surface area contributed by atoms with E-state index in [4.69, 9.17) is 5.11 Å². The summed E-state index contributed by atoms with van der Waals surface area (Å²) in [5.74, 6) is -2.03. The molecule has 0 aromatic heterocycles. The van der Waals surface area contributed by atoms with E-state index >= 15 is 0 Å². The highest BCUT2D eigenvalue weighted by Crippen LogP contribution is 2.24. The van der Waals surface area contributed by atoms with E-state index in [0.29, 0.717) is 4.90 Å². The fraction of sp³-hybridized carbons (Fsp3) is 0.231. The lowest BCUT2D eigenvalue weighted by Gasteiger charge is -2.13. The van der Waals surface area contributed by atoms with Crippen LogP contribution in [0.25, 0.3) is 0 Å². The predicted molar refractivity (Wildman–Crippen MR) is 78.6 cm³/mol. The number of hydrogen-bond donors (Lipinski definition) is 2. The van der Waals surface area contributed by atoms with Gasteiger partial charge < -0.3 is 10.4 Å². The molecule has 2 N–H and O–H groups in total. The van der Waals surface area contributed by atoms with Crippen LogP contribution in [0.15, 0.2) is 35.7 Å². The number of aliphatic carboxylic acids is 1. The van der Waals surface area contributed by atoms with Gasteiger partial charge in [0.1, 0.15) is 11.6 Å². The summed E-state index contributed by atoms with van der Waals surface area (Å²) in [5.41, 5.74) is -0.532. The molecule has 1 aromatic rings. The number of amides is 1. The summed E-state index contributed by atoms with van der Waals surface area (Å²) < 4.78 is 0. The summed E-state index contributed by atoms with van der Waals surface area (Å²) in [6.45, 7) is 3.41. The van der Waals surface area contributed by atoms with Gasteiger partial charge in [-0.05, 0) is 24.8 Å². The number of benzene rings is 1. The maximum atomic E-state index is 12.1. The standard InChI is InChI=1S/C13H14N2O5S/c1-3-4-10(13(17)18)14-12(16)9-7-8(21-2)5-6-11(9)15(19)20/h3,5-7,10H,1,4H2,2H3,(H,14,16)(H,17,18). The number of nitro groups is 1. The lowest BCUT2D eigenvalue weighted by molar-refractivity contribution is -0.385. The Hall–Kier alpha value is -2.35. The van der Waals surface area contributed by atoms with Crippen LogP contribution in [0.3, 0.4) is 0 Å². The Morgan fingerprint density at radius 2 is 2.24 bits per heavy atom. The fourth-order valence-electron chi connectivity index (χ4n) is 1.61. The van der Waals surface area contributed by atoms with Crippen LogP contribution in [0.5, 0.6) is 0 Å². The average Bonchev–Trinajstić information content (AvgIpc) is 2.45. The van der Waals surface area contributed by atoms with Crippen molar-refractivity contribution in [2.75, 3.05) is 6.26 Å². The number of nitro benzene ring substituents is 1. The van der Waals surface area contributed by atoms with E-state index in [0.717, 1.165) is 0 Å². The lowest BCUT2D eigenvalue weighted by atomic mass is 10.1. The van der Waals surface area contributed by atoms with Gasteiger partial charge in [-0.1, -0.05) is 6.08 Å². The highest BCUT2D eigenvalue weighted by molar-refractivity contribution is 7.98. The Balaban J connectivity index is 3.12. The van der Waals surface area contributed by atoms with Crippen molar-refractivity contribution >= 4 is 29.3 Å². The zero-order chi connectivity index (χ0) is 16.0. The van der Waals surface area contributed by atoms with Crippen LogP contribution in [0, 0.1) is 10.1 Å². The molecule has 112 valence electrons. The normalized spacial score (nSPS) is 11.5. The molecule has 21 heavy (non-hydrogen) atoms. The van der Waals surface area contributed by atoms with Crippen molar-refractivity contribution < 1.29 is 19.6 Å². The first-order valence-corrected chi connectivity index (χ1v) is 7.10. The molecule has 0 aliphatic rings. The number of rotatable bonds is 7. The number of thioether (sulfide) groups is 1. The second kappa shape index (κ2) is 7.44. The SMILES string of the molecule is C=CCC(NC(=O)c1cc(SC)ccc1[N+](=O)[O-])C(=O)O. The van der Waals surface area contributed by atoms with Gasteiger partial charge in [-0.3, -0.25) is 14.9 Å². The van der Waals surface area contributed by atoms with Crippen molar-refractivity contribution in [2.45, 2.75) is 17.4 Å². The van der Waals surface area contributed by atoms with Gasteiger partial charge in [-0.15, -0.1) is 18.3 Å².